The highest BCUT2D eigenvalue weighted by Crippen LogP contribution is 2.48. The van der Waals surface area contributed by atoms with Crippen LogP contribution < -0.4 is 5.48 Å². The number of esters is 1. The van der Waals surface area contributed by atoms with Gasteiger partial charge >= 0.3 is 5.97 Å². The number of carbonyl (C=O) groups is 1. The first-order chi connectivity index (χ1) is 9.06. The molecule has 0 amide bonds. The van der Waals surface area contributed by atoms with Crippen LogP contribution in [-0.2, 0) is 19.1 Å². The molecule has 2 saturated heterocycles. The van der Waals surface area contributed by atoms with E-state index in [2.05, 4.69) is 19.3 Å². The largest absolute Gasteiger partial charge is 0.429 e. The van der Waals surface area contributed by atoms with Gasteiger partial charge in [0.25, 0.3) is 5.79 Å². The first-order valence-electron chi connectivity index (χ1n) is 7.41. The Morgan fingerprint density at radius 1 is 1.32 bits per heavy atom. The molecule has 2 aliphatic heterocycles. The summed E-state index contributed by atoms with van der Waals surface area (Å²) in [4.78, 5) is 17.9. The summed E-state index contributed by atoms with van der Waals surface area (Å²) in [7, 11) is 0. The summed E-state index contributed by atoms with van der Waals surface area (Å²) in [6.07, 6.45) is 5.75. The number of hydrogen-bond donors (Lipinski definition) is 1. The summed E-state index contributed by atoms with van der Waals surface area (Å²) in [6, 6.07) is 0. The van der Waals surface area contributed by atoms with Crippen molar-refractivity contribution in [2.75, 3.05) is 6.54 Å². The molecule has 0 aromatic rings. The van der Waals surface area contributed by atoms with Gasteiger partial charge in [0.15, 0.2) is 0 Å². The average Bonchev–Trinajstić information content (AvgIpc) is 2.84. The summed E-state index contributed by atoms with van der Waals surface area (Å²) in [5.41, 5.74) is 2.84. The molecular weight excluding hydrogens is 246 g/mol. The molecule has 2 spiro atoms. The second-order valence-electron chi connectivity index (χ2n) is 6.41. The molecule has 5 nitrogen and oxygen atoms in total. The second kappa shape index (κ2) is 4.72. The van der Waals surface area contributed by atoms with Crippen LogP contribution in [0.25, 0.3) is 0 Å². The van der Waals surface area contributed by atoms with E-state index >= 15 is 0 Å². The molecule has 3 aliphatic rings. The molecule has 1 unspecified atom stereocenters. The smallest absolute Gasteiger partial charge is 0.371 e. The summed E-state index contributed by atoms with van der Waals surface area (Å²) in [6.45, 7) is 4.93. The van der Waals surface area contributed by atoms with E-state index in [0.29, 0.717) is 12.5 Å². The Morgan fingerprint density at radius 2 is 2.05 bits per heavy atom. The van der Waals surface area contributed by atoms with Gasteiger partial charge in [0.2, 0.25) is 5.79 Å². The number of hydroxylamine groups is 1. The molecule has 3 fully saturated rings. The van der Waals surface area contributed by atoms with Gasteiger partial charge in [-0.15, -0.1) is 0 Å². The molecule has 2 heterocycles. The Morgan fingerprint density at radius 3 is 2.74 bits per heavy atom. The molecule has 2 atom stereocenters. The van der Waals surface area contributed by atoms with Gasteiger partial charge in [-0.3, -0.25) is 9.57 Å². The summed E-state index contributed by atoms with van der Waals surface area (Å²) in [5, 5.41) is 0. The van der Waals surface area contributed by atoms with Gasteiger partial charge < -0.3 is 4.74 Å². The van der Waals surface area contributed by atoms with Crippen molar-refractivity contribution < 1.29 is 19.1 Å². The van der Waals surface area contributed by atoms with Crippen LogP contribution in [-0.4, -0.2) is 24.1 Å². The molecule has 0 aromatic heterocycles. The molecule has 0 radical (unpaired) electrons. The Balaban J connectivity index is 1.81. The van der Waals surface area contributed by atoms with Crippen LogP contribution in [0.5, 0.6) is 0 Å². The molecule has 5 heteroatoms. The maximum atomic E-state index is 12.4. The van der Waals surface area contributed by atoms with Gasteiger partial charge in [-0.25, -0.2) is 4.79 Å². The maximum Gasteiger partial charge on any atom is 0.371 e. The summed E-state index contributed by atoms with van der Waals surface area (Å²) < 4.78 is 11.7. The van der Waals surface area contributed by atoms with E-state index in [1.165, 1.54) is 6.42 Å². The van der Waals surface area contributed by atoms with Crippen LogP contribution in [0.3, 0.4) is 0 Å². The highest BCUT2D eigenvalue weighted by atomic mass is 16.9. The number of ether oxygens (including phenoxy) is 2. The SMILES string of the molecule is CC(C)C[C@H]1CNOC12OC1(CCCCC1)OC2=O. The maximum absolute atomic E-state index is 12.4. The van der Waals surface area contributed by atoms with Crippen molar-refractivity contribution in [1.82, 2.24) is 5.48 Å². The number of hydrogen-bond acceptors (Lipinski definition) is 5. The van der Waals surface area contributed by atoms with Crippen LogP contribution in [0.4, 0.5) is 0 Å². The normalized spacial score (nSPS) is 37.4. The third kappa shape index (κ3) is 2.18. The minimum absolute atomic E-state index is 0.0290. The summed E-state index contributed by atoms with van der Waals surface area (Å²) >= 11 is 0. The van der Waals surface area contributed by atoms with Crippen LogP contribution in [0.15, 0.2) is 0 Å². The lowest BCUT2D eigenvalue weighted by Crippen LogP contribution is -2.45. The van der Waals surface area contributed by atoms with Gasteiger partial charge in [0, 0.05) is 25.3 Å². The molecule has 0 aromatic carbocycles. The zero-order valence-corrected chi connectivity index (χ0v) is 11.7. The Bertz CT molecular complexity index is 364. The predicted molar refractivity (Wildman–Crippen MR) is 67.8 cm³/mol. The number of carbonyl (C=O) groups excluding carboxylic acids is 1. The van der Waals surface area contributed by atoms with Crippen molar-refractivity contribution in [2.24, 2.45) is 11.8 Å². The minimum atomic E-state index is -1.21. The van der Waals surface area contributed by atoms with Crippen molar-refractivity contribution in [3.8, 4) is 0 Å². The van der Waals surface area contributed by atoms with Crippen LogP contribution in [0, 0.1) is 11.8 Å². The van der Waals surface area contributed by atoms with Gasteiger partial charge in [-0.05, 0) is 25.2 Å². The van der Waals surface area contributed by atoms with Crippen molar-refractivity contribution in [3.63, 3.8) is 0 Å². The second-order valence-corrected chi connectivity index (χ2v) is 6.41. The van der Waals surface area contributed by atoms with E-state index in [4.69, 9.17) is 14.3 Å². The van der Waals surface area contributed by atoms with Gasteiger partial charge in [0.05, 0.1) is 0 Å². The van der Waals surface area contributed by atoms with Crippen molar-refractivity contribution in [2.45, 2.75) is 63.9 Å². The highest BCUT2D eigenvalue weighted by Gasteiger charge is 2.65. The Hall–Kier alpha value is -0.650. The lowest BCUT2D eigenvalue weighted by atomic mass is 9.90. The van der Waals surface area contributed by atoms with E-state index in [9.17, 15) is 4.79 Å². The van der Waals surface area contributed by atoms with E-state index in [0.717, 1.165) is 32.1 Å². The fraction of sp³-hybridized carbons (Fsp3) is 0.929. The standard InChI is InChI=1S/C14H23NO4/c1-10(2)8-11-9-15-19-14(11)12(16)17-13(18-14)6-4-3-5-7-13/h10-11,15H,3-9H2,1-2H3/t11-,14?/m0/s1. The van der Waals surface area contributed by atoms with Gasteiger partial charge in [-0.2, -0.15) is 5.48 Å². The van der Waals surface area contributed by atoms with E-state index in [1.807, 2.05) is 0 Å². The molecular formula is C14H23NO4. The first-order valence-corrected chi connectivity index (χ1v) is 7.41. The van der Waals surface area contributed by atoms with Crippen LogP contribution >= 0.6 is 0 Å². The Kier molecular flexibility index (Phi) is 3.31. The zero-order chi connectivity index (χ0) is 13.5. The lowest BCUT2D eigenvalue weighted by Gasteiger charge is -2.32. The van der Waals surface area contributed by atoms with Crippen molar-refractivity contribution in [3.05, 3.63) is 0 Å². The predicted octanol–water partition coefficient (Wildman–Crippen LogP) is 2.11. The summed E-state index contributed by atoms with van der Waals surface area (Å²) in [5.74, 6) is -1.76. The quantitative estimate of drug-likeness (QED) is 0.778. The number of rotatable bonds is 2. The monoisotopic (exact) mass is 269 g/mol. The topological polar surface area (TPSA) is 56.8 Å². The lowest BCUT2D eigenvalue weighted by molar-refractivity contribution is -0.282. The van der Waals surface area contributed by atoms with Gasteiger partial charge in [0.1, 0.15) is 0 Å². The minimum Gasteiger partial charge on any atom is -0.429 e. The molecule has 1 aliphatic carbocycles. The van der Waals surface area contributed by atoms with Crippen molar-refractivity contribution in [1.29, 1.82) is 0 Å². The fourth-order valence-electron chi connectivity index (χ4n) is 3.46. The Labute approximate surface area is 113 Å². The molecule has 108 valence electrons. The first kappa shape index (κ1) is 13.3. The molecule has 0 bridgehead atoms. The molecule has 3 rings (SSSR count). The van der Waals surface area contributed by atoms with Crippen LogP contribution in [0.1, 0.15) is 52.4 Å². The third-order valence-corrected chi connectivity index (χ3v) is 4.36. The number of nitrogens with one attached hydrogen (secondary N) is 1. The molecule has 19 heavy (non-hydrogen) atoms. The van der Waals surface area contributed by atoms with Crippen LogP contribution in [0.2, 0.25) is 0 Å². The third-order valence-electron chi connectivity index (χ3n) is 4.36. The average molecular weight is 269 g/mol. The molecule has 1 N–H and O–H groups in total. The fourth-order valence-corrected chi connectivity index (χ4v) is 3.46. The zero-order valence-electron chi connectivity index (χ0n) is 11.7. The van der Waals surface area contributed by atoms with E-state index in [-0.39, 0.29) is 11.9 Å². The highest BCUT2D eigenvalue weighted by molar-refractivity contribution is 5.80. The van der Waals surface area contributed by atoms with E-state index < -0.39 is 11.6 Å². The molecule has 1 saturated carbocycles. The van der Waals surface area contributed by atoms with E-state index in [1.54, 1.807) is 0 Å². The van der Waals surface area contributed by atoms with Gasteiger partial charge in [-0.1, -0.05) is 20.3 Å². The van der Waals surface area contributed by atoms with Crippen molar-refractivity contribution >= 4 is 5.97 Å².